The van der Waals surface area contributed by atoms with Crippen molar-refractivity contribution in [2.45, 2.75) is 25.0 Å². The van der Waals surface area contributed by atoms with E-state index in [-0.39, 0.29) is 11.8 Å². The molecular weight excluding hydrogens is 216 g/mol. The van der Waals surface area contributed by atoms with Crippen molar-refractivity contribution in [3.63, 3.8) is 0 Å². The summed E-state index contributed by atoms with van der Waals surface area (Å²) in [5.74, 6) is -0.420. The monoisotopic (exact) mass is 242 g/mol. The molecule has 0 spiro atoms. The Bertz CT molecular complexity index is 262. The second-order valence-electron chi connectivity index (χ2n) is 5.81. The van der Waals surface area contributed by atoms with Gasteiger partial charge in [-0.1, -0.05) is 0 Å². The fourth-order valence-electron chi connectivity index (χ4n) is 3.44. The summed E-state index contributed by atoms with van der Waals surface area (Å²) in [4.78, 5) is 4.58. The summed E-state index contributed by atoms with van der Waals surface area (Å²) in [5, 5.41) is 10.9. The second kappa shape index (κ2) is 5.22. The normalized spacial score (nSPS) is 36.0. The Morgan fingerprint density at radius 2 is 1.65 bits per heavy atom. The number of piperidine rings is 1. The Balaban J connectivity index is 2.07. The van der Waals surface area contributed by atoms with E-state index >= 15 is 0 Å². The van der Waals surface area contributed by atoms with Gasteiger partial charge in [0.05, 0.1) is 0 Å². The minimum Gasteiger partial charge on any atom is -0.365 e. The van der Waals surface area contributed by atoms with Crippen molar-refractivity contribution in [2.75, 3.05) is 47.4 Å². The molecule has 0 aromatic rings. The average molecular weight is 242 g/mol. The molecule has 0 radical (unpaired) electrons. The van der Waals surface area contributed by atoms with E-state index in [2.05, 4.69) is 23.9 Å². The molecule has 0 aromatic heterocycles. The molecule has 4 nitrogen and oxygen atoms in total. The Morgan fingerprint density at radius 3 is 2.12 bits per heavy atom. The minimum atomic E-state index is -0.931. The van der Waals surface area contributed by atoms with E-state index in [1.54, 1.807) is 7.11 Å². The first-order valence-electron chi connectivity index (χ1n) is 6.71. The highest BCUT2D eigenvalue weighted by Crippen LogP contribution is 2.37. The molecule has 1 N–H and O–H groups in total. The van der Waals surface area contributed by atoms with Gasteiger partial charge in [0, 0.05) is 32.0 Å². The lowest BCUT2D eigenvalue weighted by molar-refractivity contribution is -0.259. The van der Waals surface area contributed by atoms with Crippen LogP contribution in [-0.4, -0.2) is 68.1 Å². The summed E-state index contributed by atoms with van der Waals surface area (Å²) < 4.78 is 5.56. The van der Waals surface area contributed by atoms with Crippen LogP contribution in [0.3, 0.4) is 0 Å². The largest absolute Gasteiger partial charge is 0.365 e. The molecule has 2 aliphatic rings. The fourth-order valence-corrected chi connectivity index (χ4v) is 3.44. The van der Waals surface area contributed by atoms with Gasteiger partial charge in [0.1, 0.15) is 0 Å². The van der Waals surface area contributed by atoms with E-state index in [1.165, 1.54) is 0 Å². The van der Waals surface area contributed by atoms with Gasteiger partial charge in [-0.2, -0.15) is 0 Å². The number of aliphatic hydroxyl groups is 1. The van der Waals surface area contributed by atoms with Crippen molar-refractivity contribution in [1.29, 1.82) is 0 Å². The van der Waals surface area contributed by atoms with Gasteiger partial charge in [-0.25, -0.2) is 0 Å². The maximum Gasteiger partial charge on any atom is 0.173 e. The maximum absolute atomic E-state index is 10.9. The Kier molecular flexibility index (Phi) is 4.08. The molecule has 0 aliphatic carbocycles. The highest BCUT2D eigenvalue weighted by Gasteiger charge is 2.47. The zero-order valence-electron chi connectivity index (χ0n) is 11.4. The molecule has 3 unspecified atom stereocenters. The van der Waals surface area contributed by atoms with Crippen LogP contribution in [0.2, 0.25) is 0 Å². The SMILES string of the molecule is COC(O)(C1CCCN(C)C1)C1CCN(C)C1. The van der Waals surface area contributed by atoms with Crippen LogP contribution < -0.4 is 0 Å². The van der Waals surface area contributed by atoms with Crippen LogP contribution >= 0.6 is 0 Å². The molecular formula is C13H26N2O2. The number of nitrogens with zero attached hydrogens (tertiary/aromatic N) is 2. The molecule has 17 heavy (non-hydrogen) atoms. The van der Waals surface area contributed by atoms with Gasteiger partial charge in [-0.15, -0.1) is 0 Å². The molecule has 3 atom stereocenters. The summed E-state index contributed by atoms with van der Waals surface area (Å²) in [5.41, 5.74) is 0. The van der Waals surface area contributed by atoms with Crippen molar-refractivity contribution in [1.82, 2.24) is 9.80 Å². The van der Waals surface area contributed by atoms with Crippen molar-refractivity contribution in [3.8, 4) is 0 Å². The summed E-state index contributed by atoms with van der Waals surface area (Å²) >= 11 is 0. The van der Waals surface area contributed by atoms with Gasteiger partial charge in [-0.05, 0) is 46.4 Å². The third kappa shape index (κ3) is 2.65. The molecule has 2 aliphatic heterocycles. The third-order valence-corrected chi connectivity index (χ3v) is 4.51. The van der Waals surface area contributed by atoms with Crippen LogP contribution in [0.1, 0.15) is 19.3 Å². The van der Waals surface area contributed by atoms with Crippen molar-refractivity contribution in [2.24, 2.45) is 11.8 Å². The quantitative estimate of drug-likeness (QED) is 0.736. The van der Waals surface area contributed by atoms with E-state index in [0.29, 0.717) is 0 Å². The van der Waals surface area contributed by atoms with Crippen LogP contribution in [0.5, 0.6) is 0 Å². The molecule has 2 fully saturated rings. The summed E-state index contributed by atoms with van der Waals surface area (Å²) in [7, 11) is 5.90. The predicted octanol–water partition coefficient (Wildman–Crippen LogP) is 0.615. The van der Waals surface area contributed by atoms with Gasteiger partial charge in [0.15, 0.2) is 5.79 Å². The number of hydrogen-bond donors (Lipinski definition) is 1. The lowest BCUT2D eigenvalue weighted by Gasteiger charge is -2.43. The van der Waals surface area contributed by atoms with Gasteiger partial charge < -0.3 is 19.6 Å². The highest BCUT2D eigenvalue weighted by atomic mass is 16.6. The number of rotatable bonds is 3. The molecule has 0 saturated carbocycles. The Labute approximate surface area is 105 Å². The first-order valence-corrected chi connectivity index (χ1v) is 6.71. The highest BCUT2D eigenvalue weighted by molar-refractivity contribution is 4.92. The molecule has 2 heterocycles. The molecule has 100 valence electrons. The number of methoxy groups -OCH3 is 1. The lowest BCUT2D eigenvalue weighted by Crippen LogP contribution is -2.53. The fraction of sp³-hybridized carbons (Fsp3) is 1.00. The van der Waals surface area contributed by atoms with Crippen LogP contribution in [0.15, 0.2) is 0 Å². The summed E-state index contributed by atoms with van der Waals surface area (Å²) in [6, 6.07) is 0. The van der Waals surface area contributed by atoms with E-state index in [0.717, 1.165) is 45.4 Å². The first-order chi connectivity index (χ1) is 8.06. The number of hydrogen-bond acceptors (Lipinski definition) is 4. The van der Waals surface area contributed by atoms with E-state index in [1.807, 2.05) is 0 Å². The van der Waals surface area contributed by atoms with Crippen LogP contribution in [-0.2, 0) is 4.74 Å². The first kappa shape index (κ1) is 13.3. The number of ether oxygens (including phenoxy) is 1. The molecule has 0 amide bonds. The van der Waals surface area contributed by atoms with Crippen LogP contribution in [0.4, 0.5) is 0 Å². The zero-order chi connectivity index (χ0) is 12.5. The lowest BCUT2D eigenvalue weighted by atomic mass is 9.81. The Hall–Kier alpha value is -0.160. The van der Waals surface area contributed by atoms with Gasteiger partial charge in [0.25, 0.3) is 0 Å². The second-order valence-corrected chi connectivity index (χ2v) is 5.81. The van der Waals surface area contributed by atoms with E-state index < -0.39 is 5.79 Å². The molecule has 4 heteroatoms. The molecule has 2 rings (SSSR count). The Morgan fingerprint density at radius 1 is 1.06 bits per heavy atom. The zero-order valence-corrected chi connectivity index (χ0v) is 11.4. The van der Waals surface area contributed by atoms with Gasteiger partial charge in [-0.3, -0.25) is 0 Å². The maximum atomic E-state index is 10.9. The third-order valence-electron chi connectivity index (χ3n) is 4.51. The smallest absolute Gasteiger partial charge is 0.173 e. The molecule has 0 aromatic carbocycles. The average Bonchev–Trinajstić information content (AvgIpc) is 2.75. The van der Waals surface area contributed by atoms with Gasteiger partial charge >= 0.3 is 0 Å². The predicted molar refractivity (Wildman–Crippen MR) is 67.8 cm³/mol. The van der Waals surface area contributed by atoms with Crippen LogP contribution in [0, 0.1) is 11.8 Å². The van der Waals surface area contributed by atoms with Crippen molar-refractivity contribution in [3.05, 3.63) is 0 Å². The molecule has 2 saturated heterocycles. The van der Waals surface area contributed by atoms with Crippen molar-refractivity contribution < 1.29 is 9.84 Å². The summed E-state index contributed by atoms with van der Waals surface area (Å²) in [6.07, 6.45) is 3.28. The van der Waals surface area contributed by atoms with E-state index in [4.69, 9.17) is 4.74 Å². The van der Waals surface area contributed by atoms with Gasteiger partial charge in [0.2, 0.25) is 0 Å². The van der Waals surface area contributed by atoms with Crippen LogP contribution in [0.25, 0.3) is 0 Å². The minimum absolute atomic E-state index is 0.253. The topological polar surface area (TPSA) is 35.9 Å². The standard InChI is InChI=1S/C13H26N2O2/c1-14-7-4-5-11(9-14)13(16,17-3)12-6-8-15(2)10-12/h11-12,16H,4-10H2,1-3H3. The number of likely N-dealkylation sites (tertiary alicyclic amines) is 2. The van der Waals surface area contributed by atoms with E-state index in [9.17, 15) is 5.11 Å². The van der Waals surface area contributed by atoms with Crippen molar-refractivity contribution >= 4 is 0 Å². The molecule has 0 bridgehead atoms. The summed E-state index contributed by atoms with van der Waals surface area (Å²) in [6.45, 7) is 4.11.